The lowest BCUT2D eigenvalue weighted by molar-refractivity contribution is 0.0946. The Morgan fingerprint density at radius 1 is 1.17 bits per heavy atom. The van der Waals surface area contributed by atoms with E-state index in [1.54, 1.807) is 24.3 Å². The summed E-state index contributed by atoms with van der Waals surface area (Å²) in [6, 6.07) is 16.2. The molecule has 1 N–H and O–H groups in total. The number of nitrogens with zero attached hydrogens (tertiary/aromatic N) is 1. The third-order valence-electron chi connectivity index (χ3n) is 5.06. The SMILES string of the molecule is CC1Cc2cc(-c3cc(CNC(=O)c4cc5ccccc5oc4=O)no3)ccc2O1. The lowest BCUT2D eigenvalue weighted by atomic mass is 10.1. The molecule has 0 saturated heterocycles. The van der Waals surface area contributed by atoms with Gasteiger partial charge in [0.15, 0.2) is 5.76 Å². The fraction of sp³-hybridized carbons (Fsp3) is 0.174. The first-order valence-electron chi connectivity index (χ1n) is 9.63. The number of rotatable bonds is 4. The number of hydrogen-bond donors (Lipinski definition) is 1. The summed E-state index contributed by atoms with van der Waals surface area (Å²) in [6.07, 6.45) is 1.03. The van der Waals surface area contributed by atoms with Crippen molar-refractivity contribution in [2.45, 2.75) is 26.0 Å². The van der Waals surface area contributed by atoms with E-state index >= 15 is 0 Å². The lowest BCUT2D eigenvalue weighted by Gasteiger charge is -2.03. The Morgan fingerprint density at radius 2 is 2.03 bits per heavy atom. The summed E-state index contributed by atoms with van der Waals surface area (Å²) in [5, 5.41) is 7.39. The van der Waals surface area contributed by atoms with Gasteiger partial charge in [0.05, 0.1) is 6.54 Å². The molecule has 4 aromatic rings. The second kappa shape index (κ2) is 7.18. The highest BCUT2D eigenvalue weighted by molar-refractivity contribution is 5.96. The molecule has 1 amide bonds. The predicted molar refractivity (Wildman–Crippen MR) is 109 cm³/mol. The van der Waals surface area contributed by atoms with E-state index in [9.17, 15) is 9.59 Å². The average molecular weight is 402 g/mol. The fourth-order valence-corrected chi connectivity index (χ4v) is 3.59. The van der Waals surface area contributed by atoms with E-state index in [4.69, 9.17) is 13.7 Å². The number of hydrogen-bond acceptors (Lipinski definition) is 6. The highest BCUT2D eigenvalue weighted by atomic mass is 16.5. The summed E-state index contributed by atoms with van der Waals surface area (Å²) >= 11 is 0. The second-order valence-corrected chi connectivity index (χ2v) is 7.31. The molecule has 1 unspecified atom stereocenters. The standard InChI is InChI=1S/C23H18N2O5/c1-13-8-16-9-15(6-7-20(16)28-13)21-11-17(25-30-21)12-24-22(26)18-10-14-4-2-3-5-19(14)29-23(18)27/h2-7,9-11,13H,8,12H2,1H3,(H,24,26). The zero-order valence-electron chi connectivity index (χ0n) is 16.2. The number of ether oxygens (including phenoxy) is 1. The van der Waals surface area contributed by atoms with Gasteiger partial charge < -0.3 is 19.0 Å². The molecule has 7 heteroatoms. The van der Waals surface area contributed by atoms with Crippen molar-refractivity contribution in [3.05, 3.63) is 81.8 Å². The van der Waals surface area contributed by atoms with Crippen molar-refractivity contribution >= 4 is 16.9 Å². The second-order valence-electron chi connectivity index (χ2n) is 7.31. The molecule has 1 atom stereocenters. The van der Waals surface area contributed by atoms with Crippen LogP contribution in [0.3, 0.4) is 0 Å². The van der Waals surface area contributed by atoms with Crippen LogP contribution in [-0.4, -0.2) is 17.2 Å². The van der Waals surface area contributed by atoms with Crippen LogP contribution in [0, 0.1) is 0 Å². The first kappa shape index (κ1) is 18.2. The van der Waals surface area contributed by atoms with Gasteiger partial charge >= 0.3 is 5.63 Å². The first-order chi connectivity index (χ1) is 14.6. The van der Waals surface area contributed by atoms with Crippen molar-refractivity contribution in [3.8, 4) is 17.1 Å². The summed E-state index contributed by atoms with van der Waals surface area (Å²) in [6.45, 7) is 2.16. The Kier molecular flexibility index (Phi) is 4.35. The predicted octanol–water partition coefficient (Wildman–Crippen LogP) is 3.70. The van der Waals surface area contributed by atoms with E-state index in [-0.39, 0.29) is 18.2 Å². The smallest absolute Gasteiger partial charge is 0.349 e. The van der Waals surface area contributed by atoms with Crippen LogP contribution in [0.15, 0.2) is 68.3 Å². The maximum absolute atomic E-state index is 12.5. The quantitative estimate of drug-likeness (QED) is 0.523. The largest absolute Gasteiger partial charge is 0.490 e. The van der Waals surface area contributed by atoms with E-state index in [1.807, 2.05) is 31.2 Å². The van der Waals surface area contributed by atoms with Gasteiger partial charge in [0.2, 0.25) is 0 Å². The summed E-state index contributed by atoms with van der Waals surface area (Å²) in [7, 11) is 0. The zero-order valence-corrected chi connectivity index (χ0v) is 16.2. The molecule has 30 heavy (non-hydrogen) atoms. The van der Waals surface area contributed by atoms with E-state index in [0.29, 0.717) is 22.4 Å². The Bertz CT molecular complexity index is 1320. The van der Waals surface area contributed by atoms with Crippen LogP contribution in [0.25, 0.3) is 22.3 Å². The first-order valence-corrected chi connectivity index (χ1v) is 9.63. The van der Waals surface area contributed by atoms with Gasteiger partial charge in [-0.25, -0.2) is 4.79 Å². The number of benzene rings is 2. The van der Waals surface area contributed by atoms with Crippen molar-refractivity contribution in [2.24, 2.45) is 0 Å². The number of carbonyl (C=O) groups excluding carboxylic acids is 1. The molecule has 150 valence electrons. The van der Waals surface area contributed by atoms with Gasteiger partial charge in [-0.05, 0) is 42.8 Å². The monoisotopic (exact) mass is 402 g/mol. The van der Waals surface area contributed by atoms with Gasteiger partial charge in [-0.2, -0.15) is 0 Å². The summed E-state index contributed by atoms with van der Waals surface area (Å²) in [4.78, 5) is 24.6. The molecule has 0 fully saturated rings. The van der Waals surface area contributed by atoms with Gasteiger partial charge in [-0.3, -0.25) is 4.79 Å². The molecule has 0 saturated carbocycles. The topological polar surface area (TPSA) is 94.6 Å². The van der Waals surface area contributed by atoms with Crippen molar-refractivity contribution in [1.29, 1.82) is 0 Å². The Balaban J connectivity index is 1.31. The van der Waals surface area contributed by atoms with Crippen LogP contribution < -0.4 is 15.7 Å². The van der Waals surface area contributed by atoms with Crippen LogP contribution in [0.5, 0.6) is 5.75 Å². The molecule has 3 heterocycles. The molecule has 0 spiro atoms. The average Bonchev–Trinajstić information content (AvgIpc) is 3.36. The van der Waals surface area contributed by atoms with Gasteiger partial charge in [-0.1, -0.05) is 23.4 Å². The number of para-hydroxylation sites is 1. The van der Waals surface area contributed by atoms with Crippen LogP contribution >= 0.6 is 0 Å². The van der Waals surface area contributed by atoms with Gasteiger partial charge in [0.1, 0.15) is 28.7 Å². The molecule has 1 aliphatic rings. The highest BCUT2D eigenvalue weighted by Gasteiger charge is 2.20. The Morgan fingerprint density at radius 3 is 2.93 bits per heavy atom. The number of amides is 1. The molecule has 2 aromatic carbocycles. The maximum Gasteiger partial charge on any atom is 0.349 e. The molecule has 7 nitrogen and oxygen atoms in total. The molecule has 0 aliphatic carbocycles. The lowest BCUT2D eigenvalue weighted by Crippen LogP contribution is -2.27. The van der Waals surface area contributed by atoms with Crippen molar-refractivity contribution in [1.82, 2.24) is 10.5 Å². The van der Waals surface area contributed by atoms with Crippen LogP contribution in [0.2, 0.25) is 0 Å². The van der Waals surface area contributed by atoms with E-state index in [2.05, 4.69) is 10.5 Å². The van der Waals surface area contributed by atoms with Crippen molar-refractivity contribution in [2.75, 3.05) is 0 Å². The zero-order chi connectivity index (χ0) is 20.7. The van der Waals surface area contributed by atoms with Crippen LogP contribution in [0.4, 0.5) is 0 Å². The highest BCUT2D eigenvalue weighted by Crippen LogP contribution is 2.33. The molecule has 2 aromatic heterocycles. The minimum absolute atomic E-state index is 0.0508. The molecular formula is C23H18N2O5. The molecular weight excluding hydrogens is 384 g/mol. The molecule has 5 rings (SSSR count). The van der Waals surface area contributed by atoms with E-state index < -0.39 is 11.5 Å². The van der Waals surface area contributed by atoms with Crippen molar-refractivity contribution in [3.63, 3.8) is 0 Å². The summed E-state index contributed by atoms with van der Waals surface area (Å²) in [5.41, 5.74) is 2.29. The summed E-state index contributed by atoms with van der Waals surface area (Å²) < 4.78 is 16.4. The summed E-state index contributed by atoms with van der Waals surface area (Å²) in [5.74, 6) is 0.974. The number of fused-ring (bicyclic) bond motifs is 2. The van der Waals surface area contributed by atoms with Gasteiger partial charge in [0, 0.05) is 23.4 Å². The normalized spacial score (nSPS) is 15.0. The minimum Gasteiger partial charge on any atom is -0.490 e. The molecule has 0 radical (unpaired) electrons. The van der Waals surface area contributed by atoms with Gasteiger partial charge in [-0.15, -0.1) is 0 Å². The third kappa shape index (κ3) is 3.34. The van der Waals surface area contributed by atoms with Crippen LogP contribution in [-0.2, 0) is 13.0 Å². The van der Waals surface area contributed by atoms with E-state index in [0.717, 1.165) is 23.3 Å². The minimum atomic E-state index is -0.679. The van der Waals surface area contributed by atoms with Crippen molar-refractivity contribution < 1.29 is 18.5 Å². The third-order valence-corrected chi connectivity index (χ3v) is 5.06. The number of aromatic nitrogens is 1. The Hall–Kier alpha value is -3.87. The molecule has 1 aliphatic heterocycles. The van der Waals surface area contributed by atoms with Crippen LogP contribution in [0.1, 0.15) is 28.5 Å². The van der Waals surface area contributed by atoms with Gasteiger partial charge in [0.25, 0.3) is 5.91 Å². The fourth-order valence-electron chi connectivity index (χ4n) is 3.59. The number of carbonyl (C=O) groups is 1. The van der Waals surface area contributed by atoms with E-state index in [1.165, 1.54) is 6.07 Å². The maximum atomic E-state index is 12.5. The number of nitrogens with one attached hydrogen (secondary N) is 1. The molecule has 0 bridgehead atoms. The Labute approximate surface area is 171 Å².